The molecule has 0 aliphatic rings. The zero-order valence-electron chi connectivity index (χ0n) is 8.95. The molecule has 4 heteroatoms. The largest absolute Gasteiger partial charge is 0.481 e. The molecule has 0 saturated carbocycles. The van der Waals surface area contributed by atoms with E-state index in [0.29, 0.717) is 6.42 Å². The van der Waals surface area contributed by atoms with Crippen LogP contribution in [0.3, 0.4) is 0 Å². The lowest BCUT2D eigenvalue weighted by molar-refractivity contribution is -0.146. The van der Waals surface area contributed by atoms with Gasteiger partial charge in [-0.3, -0.25) is 9.59 Å². The van der Waals surface area contributed by atoms with E-state index in [4.69, 9.17) is 5.11 Å². The fourth-order valence-electron chi connectivity index (χ4n) is 1.44. The van der Waals surface area contributed by atoms with Crippen LogP contribution in [-0.4, -0.2) is 24.2 Å². The molecule has 0 aromatic rings. The number of carboxylic acid groups (broad SMARTS) is 1. The molecule has 0 heterocycles. The molecule has 1 N–H and O–H groups in total. The monoisotopic (exact) mass is 202 g/mol. The molecule has 82 valence electrons. The summed E-state index contributed by atoms with van der Waals surface area (Å²) < 4.78 is 4.58. The zero-order valence-corrected chi connectivity index (χ0v) is 8.95. The third-order valence-electron chi connectivity index (χ3n) is 2.33. The van der Waals surface area contributed by atoms with E-state index in [1.165, 1.54) is 7.11 Å². The van der Waals surface area contributed by atoms with Crippen molar-refractivity contribution in [3.63, 3.8) is 0 Å². The molecule has 0 aromatic carbocycles. The Balaban J connectivity index is 4.04. The highest BCUT2D eigenvalue weighted by Crippen LogP contribution is 2.19. The normalized spacial score (nSPS) is 14.5. The van der Waals surface area contributed by atoms with Crippen LogP contribution in [0.5, 0.6) is 0 Å². The van der Waals surface area contributed by atoms with Crippen LogP contribution in [0.25, 0.3) is 0 Å². The molecule has 0 rings (SSSR count). The van der Waals surface area contributed by atoms with Crippen molar-refractivity contribution in [1.29, 1.82) is 0 Å². The minimum absolute atomic E-state index is 0.0570. The molecule has 0 fully saturated rings. The highest BCUT2D eigenvalue weighted by molar-refractivity contribution is 5.72. The van der Waals surface area contributed by atoms with Crippen molar-refractivity contribution in [2.45, 2.75) is 33.1 Å². The van der Waals surface area contributed by atoms with E-state index in [-0.39, 0.29) is 24.2 Å². The first-order valence-electron chi connectivity index (χ1n) is 4.80. The van der Waals surface area contributed by atoms with E-state index in [1.54, 1.807) is 6.92 Å². The third-order valence-corrected chi connectivity index (χ3v) is 2.33. The molecule has 0 radical (unpaired) electrons. The van der Waals surface area contributed by atoms with Crippen LogP contribution in [0.1, 0.15) is 33.1 Å². The number of esters is 1. The number of rotatable bonds is 6. The summed E-state index contributed by atoms with van der Waals surface area (Å²) in [5.41, 5.74) is 0. The number of carbonyl (C=O) groups excluding carboxylic acids is 1. The van der Waals surface area contributed by atoms with Crippen molar-refractivity contribution in [3.05, 3.63) is 0 Å². The molecule has 0 saturated heterocycles. The molecular formula is C10H18O4. The fraction of sp³-hybridized carbons (Fsp3) is 0.800. The number of methoxy groups -OCH3 is 1. The van der Waals surface area contributed by atoms with Gasteiger partial charge in [0, 0.05) is 6.42 Å². The summed E-state index contributed by atoms with van der Waals surface area (Å²) in [6.45, 7) is 3.69. The quantitative estimate of drug-likeness (QED) is 0.666. The lowest BCUT2D eigenvalue weighted by Gasteiger charge is -2.16. The van der Waals surface area contributed by atoms with Crippen LogP contribution in [0.2, 0.25) is 0 Å². The molecule has 0 aliphatic carbocycles. The van der Waals surface area contributed by atoms with Crippen LogP contribution in [0.4, 0.5) is 0 Å². The number of hydrogen-bond donors (Lipinski definition) is 1. The second-order valence-corrected chi connectivity index (χ2v) is 3.53. The van der Waals surface area contributed by atoms with Crippen molar-refractivity contribution in [2.24, 2.45) is 11.8 Å². The van der Waals surface area contributed by atoms with Gasteiger partial charge in [-0.2, -0.15) is 0 Å². The first-order chi connectivity index (χ1) is 6.51. The van der Waals surface area contributed by atoms with Gasteiger partial charge in [0.25, 0.3) is 0 Å². The van der Waals surface area contributed by atoms with E-state index < -0.39 is 5.97 Å². The SMILES string of the molecule is CCC(CC(=O)O)CC(C)C(=O)OC. The first-order valence-corrected chi connectivity index (χ1v) is 4.80. The van der Waals surface area contributed by atoms with Gasteiger partial charge in [0.05, 0.1) is 13.0 Å². The van der Waals surface area contributed by atoms with E-state index in [9.17, 15) is 9.59 Å². The van der Waals surface area contributed by atoms with Gasteiger partial charge in [-0.05, 0) is 12.3 Å². The average Bonchev–Trinajstić information content (AvgIpc) is 2.14. The Labute approximate surface area is 84.3 Å². The van der Waals surface area contributed by atoms with E-state index in [0.717, 1.165) is 6.42 Å². The molecule has 0 aromatic heterocycles. The van der Waals surface area contributed by atoms with E-state index >= 15 is 0 Å². The van der Waals surface area contributed by atoms with Gasteiger partial charge in [-0.15, -0.1) is 0 Å². The maximum absolute atomic E-state index is 11.1. The first kappa shape index (κ1) is 12.9. The van der Waals surface area contributed by atoms with E-state index in [2.05, 4.69) is 4.74 Å². The Bertz CT molecular complexity index is 200. The number of hydrogen-bond acceptors (Lipinski definition) is 3. The van der Waals surface area contributed by atoms with Crippen LogP contribution in [-0.2, 0) is 14.3 Å². The summed E-state index contributed by atoms with van der Waals surface area (Å²) in [6.07, 6.45) is 1.47. The lowest BCUT2D eigenvalue weighted by Crippen LogP contribution is -2.18. The van der Waals surface area contributed by atoms with Crippen molar-refractivity contribution in [2.75, 3.05) is 7.11 Å². The minimum Gasteiger partial charge on any atom is -0.481 e. The second kappa shape index (κ2) is 6.40. The van der Waals surface area contributed by atoms with E-state index in [1.807, 2.05) is 6.92 Å². The second-order valence-electron chi connectivity index (χ2n) is 3.53. The highest BCUT2D eigenvalue weighted by atomic mass is 16.5. The highest BCUT2D eigenvalue weighted by Gasteiger charge is 2.20. The van der Waals surface area contributed by atoms with Gasteiger partial charge in [0.1, 0.15) is 0 Å². The summed E-state index contributed by atoms with van der Waals surface area (Å²) >= 11 is 0. The summed E-state index contributed by atoms with van der Waals surface area (Å²) in [5, 5.41) is 8.61. The van der Waals surface area contributed by atoms with Gasteiger partial charge in [0.15, 0.2) is 0 Å². The Morgan fingerprint density at radius 1 is 1.43 bits per heavy atom. The van der Waals surface area contributed by atoms with Gasteiger partial charge in [-0.25, -0.2) is 0 Å². The molecule has 0 amide bonds. The molecule has 2 unspecified atom stereocenters. The maximum atomic E-state index is 11.1. The van der Waals surface area contributed by atoms with Crippen molar-refractivity contribution in [1.82, 2.24) is 0 Å². The number of aliphatic carboxylic acids is 1. The summed E-state index contributed by atoms with van der Waals surface area (Å²) in [4.78, 5) is 21.6. The Morgan fingerprint density at radius 3 is 2.36 bits per heavy atom. The van der Waals surface area contributed by atoms with Gasteiger partial charge >= 0.3 is 11.9 Å². The van der Waals surface area contributed by atoms with Crippen molar-refractivity contribution < 1.29 is 19.4 Å². The molecule has 0 aliphatic heterocycles. The maximum Gasteiger partial charge on any atom is 0.308 e. The van der Waals surface area contributed by atoms with Crippen molar-refractivity contribution >= 4 is 11.9 Å². The predicted octanol–water partition coefficient (Wildman–Crippen LogP) is 1.69. The number of carbonyl (C=O) groups is 2. The Morgan fingerprint density at radius 2 is 2.00 bits per heavy atom. The number of carboxylic acids is 1. The number of ether oxygens (including phenoxy) is 1. The van der Waals surface area contributed by atoms with Gasteiger partial charge in [-0.1, -0.05) is 20.3 Å². The van der Waals surface area contributed by atoms with Gasteiger partial charge in [0.2, 0.25) is 0 Å². The summed E-state index contributed by atoms with van der Waals surface area (Å²) in [7, 11) is 1.34. The Hall–Kier alpha value is -1.06. The minimum atomic E-state index is -0.811. The zero-order chi connectivity index (χ0) is 11.1. The fourth-order valence-corrected chi connectivity index (χ4v) is 1.44. The third kappa shape index (κ3) is 4.84. The predicted molar refractivity (Wildman–Crippen MR) is 51.8 cm³/mol. The molecule has 0 bridgehead atoms. The van der Waals surface area contributed by atoms with Gasteiger partial charge < -0.3 is 9.84 Å². The molecular weight excluding hydrogens is 184 g/mol. The van der Waals surface area contributed by atoms with Crippen LogP contribution < -0.4 is 0 Å². The van der Waals surface area contributed by atoms with Crippen LogP contribution in [0.15, 0.2) is 0 Å². The summed E-state index contributed by atoms with van der Waals surface area (Å²) in [6, 6.07) is 0. The Kier molecular flexibility index (Phi) is 5.92. The molecule has 0 spiro atoms. The van der Waals surface area contributed by atoms with Crippen LogP contribution in [0, 0.1) is 11.8 Å². The molecule has 2 atom stereocenters. The standard InChI is InChI=1S/C10H18O4/c1-4-8(6-9(11)12)5-7(2)10(13)14-3/h7-8H,4-6H2,1-3H3,(H,11,12). The van der Waals surface area contributed by atoms with Crippen LogP contribution >= 0.6 is 0 Å². The lowest BCUT2D eigenvalue weighted by atomic mass is 9.91. The average molecular weight is 202 g/mol. The smallest absolute Gasteiger partial charge is 0.308 e. The molecule has 4 nitrogen and oxygen atoms in total. The molecule has 14 heavy (non-hydrogen) atoms. The summed E-state index contributed by atoms with van der Waals surface area (Å²) in [5.74, 6) is -1.24. The topological polar surface area (TPSA) is 63.6 Å². The van der Waals surface area contributed by atoms with Crippen molar-refractivity contribution in [3.8, 4) is 0 Å².